The molecule has 0 aliphatic carbocycles. The van der Waals surface area contributed by atoms with Crippen LogP contribution in [0.1, 0.15) is 34.8 Å². The van der Waals surface area contributed by atoms with Gasteiger partial charge in [-0.1, -0.05) is 30.3 Å². The molecular weight excluding hydrogens is 310 g/mol. The topological polar surface area (TPSA) is 32.3 Å². The van der Waals surface area contributed by atoms with Gasteiger partial charge in [-0.2, -0.15) is 0 Å². The summed E-state index contributed by atoms with van der Waals surface area (Å²) in [5, 5.41) is 2.92. The zero-order valence-corrected chi connectivity index (χ0v) is 13.3. The summed E-state index contributed by atoms with van der Waals surface area (Å²) < 4.78 is 26.7. The van der Waals surface area contributed by atoms with Crippen LogP contribution in [0, 0.1) is 11.6 Å². The fourth-order valence-electron chi connectivity index (χ4n) is 3.07. The maximum atomic E-state index is 13.3. The number of carbonyl (C=O) groups excluding carboxylic acids is 1. The molecule has 0 spiro atoms. The molecule has 1 amide bonds. The Bertz CT molecular complexity index is 680. The number of likely N-dealkylation sites (tertiary alicyclic amines) is 1. The van der Waals surface area contributed by atoms with Crippen molar-refractivity contribution in [2.75, 3.05) is 19.6 Å². The van der Waals surface area contributed by atoms with Crippen molar-refractivity contribution in [3.05, 3.63) is 71.3 Å². The molecule has 1 aliphatic rings. The maximum absolute atomic E-state index is 13.3. The molecule has 3 nitrogen and oxygen atoms in total. The summed E-state index contributed by atoms with van der Waals surface area (Å²) in [4.78, 5) is 14.7. The Balaban J connectivity index is 1.78. The van der Waals surface area contributed by atoms with E-state index in [1.54, 1.807) is 0 Å². The molecule has 2 aromatic carbocycles. The molecule has 24 heavy (non-hydrogen) atoms. The van der Waals surface area contributed by atoms with Crippen LogP contribution in [-0.4, -0.2) is 30.4 Å². The van der Waals surface area contributed by atoms with E-state index in [1.807, 2.05) is 30.3 Å². The van der Waals surface area contributed by atoms with E-state index in [-0.39, 0.29) is 11.6 Å². The largest absolute Gasteiger partial charge is 0.344 e. The van der Waals surface area contributed by atoms with E-state index in [4.69, 9.17) is 0 Å². The molecule has 2 aromatic rings. The van der Waals surface area contributed by atoms with Crippen LogP contribution >= 0.6 is 0 Å². The summed E-state index contributed by atoms with van der Waals surface area (Å²) >= 11 is 0. The van der Waals surface area contributed by atoms with E-state index in [2.05, 4.69) is 10.2 Å². The Morgan fingerprint density at radius 2 is 1.67 bits per heavy atom. The van der Waals surface area contributed by atoms with E-state index in [0.29, 0.717) is 6.54 Å². The molecule has 1 fully saturated rings. The van der Waals surface area contributed by atoms with Crippen molar-refractivity contribution < 1.29 is 13.6 Å². The zero-order chi connectivity index (χ0) is 16.9. The summed E-state index contributed by atoms with van der Waals surface area (Å²) in [5.41, 5.74) is 0.976. The Morgan fingerprint density at radius 1 is 1.04 bits per heavy atom. The molecule has 3 rings (SSSR count). The van der Waals surface area contributed by atoms with Crippen molar-refractivity contribution in [3.63, 3.8) is 0 Å². The lowest BCUT2D eigenvalue weighted by Crippen LogP contribution is -2.37. The van der Waals surface area contributed by atoms with Gasteiger partial charge >= 0.3 is 0 Å². The lowest BCUT2D eigenvalue weighted by molar-refractivity contribution is 0.0926. The van der Waals surface area contributed by atoms with E-state index >= 15 is 0 Å². The average Bonchev–Trinajstić information content (AvgIpc) is 3.07. The minimum absolute atomic E-state index is 0.00477. The molecule has 1 saturated heterocycles. The van der Waals surface area contributed by atoms with Crippen LogP contribution in [0.5, 0.6) is 0 Å². The van der Waals surface area contributed by atoms with Crippen LogP contribution in [0.15, 0.2) is 48.5 Å². The first-order chi connectivity index (χ1) is 11.6. The minimum atomic E-state index is -0.754. The normalized spacial score (nSPS) is 16.1. The van der Waals surface area contributed by atoms with Gasteiger partial charge in [0, 0.05) is 18.2 Å². The summed E-state index contributed by atoms with van der Waals surface area (Å²) in [6, 6.07) is 12.3. The Labute approximate surface area is 140 Å². The Morgan fingerprint density at radius 3 is 2.29 bits per heavy atom. The predicted molar refractivity (Wildman–Crippen MR) is 88.7 cm³/mol. The molecule has 0 unspecified atom stereocenters. The second-order valence-electron chi connectivity index (χ2n) is 6.10. The lowest BCUT2D eigenvalue weighted by Gasteiger charge is -2.25. The van der Waals surface area contributed by atoms with Crippen LogP contribution in [0.2, 0.25) is 0 Å². The third-order valence-corrected chi connectivity index (χ3v) is 4.27. The van der Waals surface area contributed by atoms with Gasteiger partial charge in [0.1, 0.15) is 11.6 Å². The highest BCUT2D eigenvalue weighted by Gasteiger charge is 2.21. The molecule has 0 saturated carbocycles. The highest BCUT2D eigenvalue weighted by atomic mass is 19.1. The van der Waals surface area contributed by atoms with Crippen molar-refractivity contribution in [1.29, 1.82) is 0 Å². The third kappa shape index (κ3) is 4.17. The van der Waals surface area contributed by atoms with Crippen molar-refractivity contribution in [2.24, 2.45) is 0 Å². The third-order valence-electron chi connectivity index (χ3n) is 4.27. The lowest BCUT2D eigenvalue weighted by atomic mass is 10.1. The van der Waals surface area contributed by atoms with E-state index < -0.39 is 17.5 Å². The zero-order valence-electron chi connectivity index (χ0n) is 13.3. The first-order valence-corrected chi connectivity index (χ1v) is 8.16. The molecule has 1 heterocycles. The van der Waals surface area contributed by atoms with Crippen molar-refractivity contribution in [3.8, 4) is 0 Å². The van der Waals surface area contributed by atoms with Crippen molar-refractivity contribution in [2.45, 2.75) is 18.9 Å². The van der Waals surface area contributed by atoms with Gasteiger partial charge in [0.2, 0.25) is 0 Å². The van der Waals surface area contributed by atoms with Crippen LogP contribution in [0.4, 0.5) is 8.78 Å². The smallest absolute Gasteiger partial charge is 0.252 e. The fourth-order valence-corrected chi connectivity index (χ4v) is 3.07. The second-order valence-corrected chi connectivity index (χ2v) is 6.10. The van der Waals surface area contributed by atoms with Crippen molar-refractivity contribution in [1.82, 2.24) is 10.2 Å². The number of hydrogen-bond acceptors (Lipinski definition) is 2. The number of amides is 1. The standard InChI is InChI=1S/C19H20F2N2O/c20-16-10-15(11-17(21)12-16)19(24)22-18(13-23-8-4-5-9-23)14-6-2-1-3-7-14/h1-3,6-7,10-12,18H,4-5,8-9,13H2,(H,22,24)/t18-/m0/s1. The van der Waals surface area contributed by atoms with Gasteiger partial charge in [0.15, 0.2) is 0 Å². The van der Waals surface area contributed by atoms with Crippen molar-refractivity contribution >= 4 is 5.91 Å². The first kappa shape index (κ1) is 16.6. The van der Waals surface area contributed by atoms with E-state index in [1.165, 1.54) is 0 Å². The van der Waals surface area contributed by atoms with Crippen LogP contribution in [0.3, 0.4) is 0 Å². The first-order valence-electron chi connectivity index (χ1n) is 8.16. The molecule has 1 aliphatic heterocycles. The number of carbonyl (C=O) groups is 1. The number of halogens is 2. The van der Waals surface area contributed by atoms with Gasteiger partial charge in [-0.05, 0) is 43.6 Å². The molecule has 0 aromatic heterocycles. The van der Waals surface area contributed by atoms with Gasteiger partial charge in [0.05, 0.1) is 6.04 Å². The number of rotatable bonds is 5. The second kappa shape index (κ2) is 7.53. The van der Waals surface area contributed by atoms with Gasteiger partial charge in [-0.15, -0.1) is 0 Å². The Hall–Kier alpha value is -2.27. The SMILES string of the molecule is O=C(N[C@@H](CN1CCCC1)c1ccccc1)c1cc(F)cc(F)c1. The maximum Gasteiger partial charge on any atom is 0.252 e. The van der Waals surface area contributed by atoms with Gasteiger partial charge in [0.25, 0.3) is 5.91 Å². The molecular formula is C19H20F2N2O. The quantitative estimate of drug-likeness (QED) is 0.909. The van der Waals surface area contributed by atoms with Gasteiger partial charge < -0.3 is 10.2 Å². The summed E-state index contributed by atoms with van der Waals surface area (Å²) in [6.07, 6.45) is 2.31. The van der Waals surface area contributed by atoms with E-state index in [0.717, 1.165) is 49.7 Å². The fraction of sp³-hybridized carbons (Fsp3) is 0.316. The Kier molecular flexibility index (Phi) is 5.20. The highest BCUT2D eigenvalue weighted by Crippen LogP contribution is 2.19. The number of nitrogens with one attached hydrogen (secondary N) is 1. The van der Waals surface area contributed by atoms with E-state index in [9.17, 15) is 13.6 Å². The van der Waals surface area contributed by atoms with Crippen LogP contribution < -0.4 is 5.32 Å². The molecule has 126 valence electrons. The summed E-state index contributed by atoms with van der Waals surface area (Å²) in [6.45, 7) is 2.70. The number of benzene rings is 2. The molecule has 0 bridgehead atoms. The highest BCUT2D eigenvalue weighted by molar-refractivity contribution is 5.94. The summed E-state index contributed by atoms with van der Waals surface area (Å²) in [7, 11) is 0. The van der Waals surface area contributed by atoms with Gasteiger partial charge in [-0.25, -0.2) is 8.78 Å². The molecule has 0 radical (unpaired) electrons. The number of nitrogens with zero attached hydrogens (tertiary/aromatic N) is 1. The van der Waals surface area contributed by atoms with Gasteiger partial charge in [-0.3, -0.25) is 4.79 Å². The van der Waals surface area contributed by atoms with Crippen LogP contribution in [0.25, 0.3) is 0 Å². The summed E-state index contributed by atoms with van der Waals surface area (Å²) in [5.74, 6) is -1.98. The molecule has 1 atom stereocenters. The minimum Gasteiger partial charge on any atom is -0.344 e. The number of hydrogen-bond donors (Lipinski definition) is 1. The molecule has 5 heteroatoms. The molecule has 1 N–H and O–H groups in total. The van der Waals surface area contributed by atoms with Crippen LogP contribution in [-0.2, 0) is 0 Å². The predicted octanol–water partition coefficient (Wildman–Crippen LogP) is 3.53. The monoisotopic (exact) mass is 330 g/mol. The average molecular weight is 330 g/mol.